The first-order valence-corrected chi connectivity index (χ1v) is 6.61. The minimum absolute atomic E-state index is 0.00318. The second kappa shape index (κ2) is 6.77. The second-order valence-corrected chi connectivity index (χ2v) is 4.75. The van der Waals surface area contributed by atoms with E-state index in [9.17, 15) is 4.79 Å². The number of carbonyl (C=O) groups excluding carboxylic acids is 1. The van der Waals surface area contributed by atoms with Gasteiger partial charge in [0.05, 0.1) is 19.1 Å². The third-order valence-electron chi connectivity index (χ3n) is 3.46. The zero-order valence-corrected chi connectivity index (χ0v) is 10.3. The lowest BCUT2D eigenvalue weighted by atomic mass is 9.96. The number of rotatable bonds is 4. The van der Waals surface area contributed by atoms with Crippen molar-refractivity contribution in [2.75, 3.05) is 39.5 Å². The molecule has 1 heterocycles. The van der Waals surface area contributed by atoms with Crippen LogP contribution >= 0.6 is 0 Å². The average Bonchev–Trinajstić information content (AvgIpc) is 2.41. The van der Waals surface area contributed by atoms with E-state index in [1.165, 1.54) is 4.90 Å². The lowest BCUT2D eigenvalue weighted by Gasteiger charge is -2.23. The zero-order valence-electron chi connectivity index (χ0n) is 10.3. The van der Waals surface area contributed by atoms with E-state index in [0.717, 1.165) is 52.1 Å². The van der Waals surface area contributed by atoms with Gasteiger partial charge < -0.3 is 14.4 Å². The molecule has 1 atom stereocenters. The highest BCUT2D eigenvalue weighted by Gasteiger charge is 2.20. The van der Waals surface area contributed by atoms with Crippen molar-refractivity contribution >= 4 is 5.97 Å². The Balaban J connectivity index is 1.62. The molecular formula is C13H22NO3+. The Kier molecular flexibility index (Phi) is 5.01. The number of morpholine rings is 1. The zero-order chi connectivity index (χ0) is 11.9. The Morgan fingerprint density at radius 1 is 1.41 bits per heavy atom. The SMILES string of the molecule is O=C(OCC[NH+]1CCOCC1)C1C=CCCC1. The van der Waals surface area contributed by atoms with E-state index in [-0.39, 0.29) is 11.9 Å². The van der Waals surface area contributed by atoms with Gasteiger partial charge in [0, 0.05) is 0 Å². The van der Waals surface area contributed by atoms with Crippen LogP contribution in [0.15, 0.2) is 12.2 Å². The molecule has 17 heavy (non-hydrogen) atoms. The van der Waals surface area contributed by atoms with Crippen molar-refractivity contribution in [3.8, 4) is 0 Å². The molecule has 1 aliphatic heterocycles. The van der Waals surface area contributed by atoms with Gasteiger partial charge in [-0.3, -0.25) is 4.79 Å². The van der Waals surface area contributed by atoms with Crippen LogP contribution in [0, 0.1) is 5.92 Å². The molecule has 0 radical (unpaired) electrons. The predicted octanol–water partition coefficient (Wildman–Crippen LogP) is -0.199. The standard InChI is InChI=1S/C13H21NO3/c15-13(12-4-2-1-3-5-12)17-11-8-14-6-9-16-10-7-14/h2,4,12H,1,3,5-11H2/p+1. The number of hydrogen-bond acceptors (Lipinski definition) is 3. The summed E-state index contributed by atoms with van der Waals surface area (Å²) in [6.45, 7) is 5.16. The van der Waals surface area contributed by atoms with E-state index in [1.54, 1.807) is 0 Å². The van der Waals surface area contributed by atoms with Crippen LogP contribution < -0.4 is 4.90 Å². The van der Waals surface area contributed by atoms with Crippen LogP contribution in [-0.4, -0.2) is 45.4 Å². The van der Waals surface area contributed by atoms with Crippen molar-refractivity contribution in [2.45, 2.75) is 19.3 Å². The molecule has 1 aliphatic carbocycles. The minimum Gasteiger partial charge on any atom is -0.459 e. The molecule has 4 nitrogen and oxygen atoms in total. The molecule has 0 saturated carbocycles. The van der Waals surface area contributed by atoms with Gasteiger partial charge in [0.2, 0.25) is 0 Å². The first-order valence-electron chi connectivity index (χ1n) is 6.61. The Bertz CT molecular complexity index is 272. The minimum atomic E-state index is -0.0476. The number of quaternary nitrogens is 1. The van der Waals surface area contributed by atoms with Gasteiger partial charge in [-0.15, -0.1) is 0 Å². The average molecular weight is 240 g/mol. The molecule has 1 unspecified atom stereocenters. The lowest BCUT2D eigenvalue weighted by molar-refractivity contribution is -0.908. The van der Waals surface area contributed by atoms with Crippen LogP contribution in [0.1, 0.15) is 19.3 Å². The molecule has 2 aliphatic rings. The summed E-state index contributed by atoms with van der Waals surface area (Å²) in [5, 5.41) is 0. The van der Waals surface area contributed by atoms with E-state index in [4.69, 9.17) is 9.47 Å². The van der Waals surface area contributed by atoms with Gasteiger partial charge in [-0.05, 0) is 19.3 Å². The molecule has 0 amide bonds. The van der Waals surface area contributed by atoms with Gasteiger partial charge in [-0.1, -0.05) is 12.2 Å². The highest BCUT2D eigenvalue weighted by atomic mass is 16.5. The maximum absolute atomic E-state index is 11.7. The Morgan fingerprint density at radius 2 is 2.24 bits per heavy atom. The lowest BCUT2D eigenvalue weighted by Crippen LogP contribution is -3.14. The molecule has 0 aromatic heterocycles. The van der Waals surface area contributed by atoms with Crippen molar-refractivity contribution in [3.05, 3.63) is 12.2 Å². The van der Waals surface area contributed by atoms with Crippen molar-refractivity contribution in [2.24, 2.45) is 5.92 Å². The maximum Gasteiger partial charge on any atom is 0.312 e. The maximum atomic E-state index is 11.7. The highest BCUT2D eigenvalue weighted by Crippen LogP contribution is 2.17. The van der Waals surface area contributed by atoms with Gasteiger partial charge in [0.25, 0.3) is 0 Å². The number of esters is 1. The van der Waals surface area contributed by atoms with Crippen molar-refractivity contribution in [3.63, 3.8) is 0 Å². The van der Waals surface area contributed by atoms with Crippen molar-refractivity contribution in [1.82, 2.24) is 0 Å². The van der Waals surface area contributed by atoms with Crippen molar-refractivity contribution in [1.29, 1.82) is 0 Å². The number of hydrogen-bond donors (Lipinski definition) is 1. The molecule has 0 bridgehead atoms. The Morgan fingerprint density at radius 3 is 2.94 bits per heavy atom. The van der Waals surface area contributed by atoms with Crippen LogP contribution in [0.2, 0.25) is 0 Å². The second-order valence-electron chi connectivity index (χ2n) is 4.75. The van der Waals surface area contributed by atoms with Gasteiger partial charge in [0.1, 0.15) is 26.2 Å². The molecule has 0 aromatic carbocycles. The summed E-state index contributed by atoms with van der Waals surface area (Å²) in [5.74, 6) is -0.0444. The summed E-state index contributed by atoms with van der Waals surface area (Å²) in [7, 11) is 0. The summed E-state index contributed by atoms with van der Waals surface area (Å²) >= 11 is 0. The van der Waals surface area contributed by atoms with Crippen LogP contribution in [0.4, 0.5) is 0 Å². The first-order chi connectivity index (χ1) is 8.36. The quantitative estimate of drug-likeness (QED) is 0.546. The number of nitrogens with one attached hydrogen (secondary N) is 1. The fraction of sp³-hybridized carbons (Fsp3) is 0.769. The molecule has 0 aromatic rings. The fourth-order valence-corrected chi connectivity index (χ4v) is 2.32. The summed E-state index contributed by atoms with van der Waals surface area (Å²) < 4.78 is 10.6. The Hall–Kier alpha value is -0.870. The molecule has 1 fully saturated rings. The molecular weight excluding hydrogens is 218 g/mol. The van der Waals surface area contributed by atoms with Gasteiger partial charge in [-0.2, -0.15) is 0 Å². The van der Waals surface area contributed by atoms with Crippen LogP contribution in [0.25, 0.3) is 0 Å². The van der Waals surface area contributed by atoms with E-state index in [2.05, 4.69) is 6.08 Å². The number of ether oxygens (including phenoxy) is 2. The topological polar surface area (TPSA) is 40.0 Å². The highest BCUT2D eigenvalue weighted by molar-refractivity contribution is 5.74. The smallest absolute Gasteiger partial charge is 0.312 e. The van der Waals surface area contributed by atoms with E-state index in [1.807, 2.05) is 6.08 Å². The Labute approximate surface area is 103 Å². The summed E-state index contributed by atoms with van der Waals surface area (Å²) in [4.78, 5) is 13.2. The number of carbonyl (C=O) groups is 1. The van der Waals surface area contributed by atoms with Crippen LogP contribution in [0.3, 0.4) is 0 Å². The summed E-state index contributed by atoms with van der Waals surface area (Å²) in [5.41, 5.74) is 0. The molecule has 96 valence electrons. The largest absolute Gasteiger partial charge is 0.459 e. The van der Waals surface area contributed by atoms with Gasteiger partial charge >= 0.3 is 5.97 Å². The summed E-state index contributed by atoms with van der Waals surface area (Å²) in [6.07, 6.45) is 7.22. The molecule has 0 spiro atoms. The van der Waals surface area contributed by atoms with Crippen LogP contribution in [-0.2, 0) is 14.3 Å². The first kappa shape index (κ1) is 12.6. The molecule has 1 N–H and O–H groups in total. The number of allylic oxidation sites excluding steroid dienone is 1. The fourth-order valence-electron chi connectivity index (χ4n) is 2.32. The van der Waals surface area contributed by atoms with E-state index in [0.29, 0.717) is 6.61 Å². The third-order valence-corrected chi connectivity index (χ3v) is 3.46. The molecule has 2 rings (SSSR count). The van der Waals surface area contributed by atoms with Crippen molar-refractivity contribution < 1.29 is 19.2 Å². The van der Waals surface area contributed by atoms with Gasteiger partial charge in [0.15, 0.2) is 0 Å². The normalized spacial score (nSPS) is 25.8. The monoisotopic (exact) mass is 240 g/mol. The third kappa shape index (κ3) is 4.13. The predicted molar refractivity (Wildman–Crippen MR) is 63.8 cm³/mol. The summed E-state index contributed by atoms with van der Waals surface area (Å²) in [6, 6.07) is 0. The van der Waals surface area contributed by atoms with Gasteiger partial charge in [-0.25, -0.2) is 0 Å². The molecule has 4 heteroatoms. The van der Waals surface area contributed by atoms with Crippen LogP contribution in [0.5, 0.6) is 0 Å². The van der Waals surface area contributed by atoms with E-state index < -0.39 is 0 Å². The molecule has 1 saturated heterocycles. The van der Waals surface area contributed by atoms with E-state index >= 15 is 0 Å².